The Balaban J connectivity index is 1.59. The molecule has 10 heteroatoms. The van der Waals surface area contributed by atoms with Crippen LogP contribution >= 0.6 is 11.3 Å². The zero-order chi connectivity index (χ0) is 20.1. The van der Waals surface area contributed by atoms with Gasteiger partial charge in [-0.05, 0) is 17.0 Å². The number of aliphatic hydroxyl groups is 4. The smallest absolute Gasteiger partial charge is 0.413 e. The zero-order valence-electron chi connectivity index (χ0n) is 14.7. The summed E-state index contributed by atoms with van der Waals surface area (Å²) in [6.45, 7) is -0.284. The van der Waals surface area contributed by atoms with E-state index in [0.717, 1.165) is 16.9 Å². The molecule has 5 atom stereocenters. The van der Waals surface area contributed by atoms with Crippen LogP contribution in [0.4, 0.5) is 4.79 Å². The first-order chi connectivity index (χ1) is 13.5. The number of amides is 1. The van der Waals surface area contributed by atoms with Gasteiger partial charge >= 0.3 is 6.09 Å². The second-order valence-electron chi connectivity index (χ2n) is 6.12. The Morgan fingerprint density at radius 1 is 1.11 bits per heavy atom. The van der Waals surface area contributed by atoms with Crippen LogP contribution in [-0.2, 0) is 11.3 Å². The Kier molecular flexibility index (Phi) is 6.83. The first kappa shape index (κ1) is 20.5. The Hall–Kier alpha value is -2.21. The molecule has 1 aromatic carbocycles. The van der Waals surface area contributed by atoms with E-state index in [-0.39, 0.29) is 17.4 Å². The molecule has 0 bridgehead atoms. The number of hydrogen-bond donors (Lipinski definition) is 5. The Labute approximate surface area is 164 Å². The van der Waals surface area contributed by atoms with E-state index in [1.165, 1.54) is 6.07 Å². The summed E-state index contributed by atoms with van der Waals surface area (Å²) in [4.78, 5) is 12.0. The summed E-state index contributed by atoms with van der Waals surface area (Å²) < 4.78 is 16.0. The fourth-order valence-corrected chi connectivity index (χ4v) is 3.30. The van der Waals surface area contributed by atoms with Crippen molar-refractivity contribution in [1.29, 1.82) is 0 Å². The first-order valence-corrected chi connectivity index (χ1v) is 9.42. The van der Waals surface area contributed by atoms with Crippen LogP contribution in [0, 0.1) is 0 Å². The predicted octanol–water partition coefficient (Wildman–Crippen LogP) is 0.215. The van der Waals surface area contributed by atoms with E-state index in [9.17, 15) is 25.2 Å². The Morgan fingerprint density at radius 2 is 1.86 bits per heavy atom. The standard InChI is InChI=1S/C18H21NO8S/c20-9-12-13(21)14(22)15(23)16(26-12)25-11-6-7-28-17(11)27-18(24)19-8-10-4-2-1-3-5-10/h1-7,12-16,20-23H,8-9H2,(H,19,24). The molecule has 5 unspecified atom stereocenters. The SMILES string of the molecule is O=C(NCc1ccccc1)Oc1sccc1OC1OC(CO)C(O)C(O)C1O. The minimum Gasteiger partial charge on any atom is -0.457 e. The first-order valence-electron chi connectivity index (χ1n) is 8.54. The van der Waals surface area contributed by atoms with Crippen LogP contribution in [0.2, 0.25) is 0 Å². The van der Waals surface area contributed by atoms with Gasteiger partial charge in [0.25, 0.3) is 0 Å². The zero-order valence-corrected chi connectivity index (χ0v) is 15.5. The van der Waals surface area contributed by atoms with Crippen molar-refractivity contribution in [2.75, 3.05) is 6.61 Å². The average molecular weight is 411 g/mol. The van der Waals surface area contributed by atoms with Crippen molar-refractivity contribution >= 4 is 17.4 Å². The summed E-state index contributed by atoms with van der Waals surface area (Å²) in [5, 5.41) is 43.2. The van der Waals surface area contributed by atoms with Crippen LogP contribution in [-0.4, -0.2) is 63.8 Å². The van der Waals surface area contributed by atoms with Gasteiger partial charge in [0.05, 0.1) is 6.61 Å². The van der Waals surface area contributed by atoms with Crippen LogP contribution in [0.1, 0.15) is 5.56 Å². The average Bonchev–Trinajstić information content (AvgIpc) is 3.14. The number of nitrogens with one attached hydrogen (secondary N) is 1. The minimum atomic E-state index is -1.56. The number of rotatable bonds is 6. The highest BCUT2D eigenvalue weighted by molar-refractivity contribution is 7.12. The van der Waals surface area contributed by atoms with Gasteiger partial charge in [0, 0.05) is 6.54 Å². The van der Waals surface area contributed by atoms with Gasteiger partial charge in [0.2, 0.25) is 11.4 Å². The van der Waals surface area contributed by atoms with Gasteiger partial charge < -0.3 is 40.0 Å². The van der Waals surface area contributed by atoms with Crippen LogP contribution < -0.4 is 14.8 Å². The van der Waals surface area contributed by atoms with E-state index in [1.54, 1.807) is 5.38 Å². The number of carbonyl (C=O) groups is 1. The van der Waals surface area contributed by atoms with E-state index in [4.69, 9.17) is 14.2 Å². The molecule has 0 aliphatic carbocycles. The predicted molar refractivity (Wildman–Crippen MR) is 98.0 cm³/mol. The van der Waals surface area contributed by atoms with E-state index in [1.807, 2.05) is 30.3 Å². The molecule has 0 radical (unpaired) electrons. The van der Waals surface area contributed by atoms with Crippen molar-refractivity contribution in [3.8, 4) is 10.8 Å². The monoisotopic (exact) mass is 411 g/mol. The lowest BCUT2D eigenvalue weighted by Crippen LogP contribution is -2.60. The third-order valence-corrected chi connectivity index (χ3v) is 4.92. The number of ether oxygens (including phenoxy) is 3. The van der Waals surface area contributed by atoms with Crippen molar-refractivity contribution in [2.45, 2.75) is 37.3 Å². The quantitative estimate of drug-likeness (QED) is 0.455. The molecule has 1 saturated heterocycles. The molecule has 1 aliphatic heterocycles. The summed E-state index contributed by atoms with van der Waals surface area (Å²) in [7, 11) is 0. The molecule has 9 nitrogen and oxygen atoms in total. The molecule has 2 aromatic rings. The molecule has 28 heavy (non-hydrogen) atoms. The van der Waals surface area contributed by atoms with Gasteiger partial charge in [-0.3, -0.25) is 0 Å². The molecule has 5 N–H and O–H groups in total. The van der Waals surface area contributed by atoms with Gasteiger partial charge in [-0.15, -0.1) is 11.3 Å². The fourth-order valence-electron chi connectivity index (χ4n) is 2.63. The molecule has 1 aromatic heterocycles. The molecule has 1 aliphatic rings. The van der Waals surface area contributed by atoms with Gasteiger partial charge in [0.15, 0.2) is 5.75 Å². The summed E-state index contributed by atoms with van der Waals surface area (Å²) in [5.74, 6) is 0.115. The normalized spacial score (nSPS) is 27.2. The third kappa shape index (κ3) is 4.79. The fraction of sp³-hybridized carbons (Fsp3) is 0.389. The highest BCUT2D eigenvalue weighted by Crippen LogP contribution is 2.36. The van der Waals surface area contributed by atoms with E-state index < -0.39 is 43.4 Å². The minimum absolute atomic E-state index is 0.115. The molecule has 0 spiro atoms. The van der Waals surface area contributed by atoms with Crippen LogP contribution in [0.15, 0.2) is 41.8 Å². The lowest BCUT2D eigenvalue weighted by Gasteiger charge is -2.39. The number of carbonyl (C=O) groups excluding carboxylic acids is 1. The molecule has 1 fully saturated rings. The number of aliphatic hydroxyl groups excluding tert-OH is 4. The van der Waals surface area contributed by atoms with Crippen molar-refractivity contribution in [3.05, 3.63) is 47.3 Å². The molecule has 0 saturated carbocycles. The largest absolute Gasteiger partial charge is 0.457 e. The maximum Gasteiger partial charge on any atom is 0.413 e. The van der Waals surface area contributed by atoms with Crippen molar-refractivity contribution in [3.63, 3.8) is 0 Å². The van der Waals surface area contributed by atoms with Gasteiger partial charge in [-0.1, -0.05) is 30.3 Å². The third-order valence-electron chi connectivity index (χ3n) is 4.15. The number of benzene rings is 1. The van der Waals surface area contributed by atoms with Crippen LogP contribution in [0.25, 0.3) is 0 Å². The van der Waals surface area contributed by atoms with Gasteiger partial charge in [0.1, 0.15) is 24.4 Å². The lowest BCUT2D eigenvalue weighted by molar-refractivity contribution is -0.277. The van der Waals surface area contributed by atoms with Gasteiger partial charge in [-0.25, -0.2) is 4.79 Å². The molecule has 1 amide bonds. The highest BCUT2D eigenvalue weighted by Gasteiger charge is 2.45. The molecular weight excluding hydrogens is 390 g/mol. The maximum absolute atomic E-state index is 12.0. The summed E-state index contributed by atoms with van der Waals surface area (Å²) >= 11 is 1.09. The van der Waals surface area contributed by atoms with E-state index in [0.29, 0.717) is 0 Å². The van der Waals surface area contributed by atoms with Crippen molar-refractivity contribution in [2.24, 2.45) is 0 Å². The molecule has 152 valence electrons. The highest BCUT2D eigenvalue weighted by atomic mass is 32.1. The maximum atomic E-state index is 12.0. The lowest BCUT2D eigenvalue weighted by atomic mass is 9.99. The molecular formula is C18H21NO8S. The van der Waals surface area contributed by atoms with Crippen LogP contribution in [0.3, 0.4) is 0 Å². The second-order valence-corrected chi connectivity index (χ2v) is 6.99. The Morgan fingerprint density at radius 3 is 2.57 bits per heavy atom. The number of hydrogen-bond acceptors (Lipinski definition) is 9. The van der Waals surface area contributed by atoms with E-state index in [2.05, 4.69) is 5.32 Å². The molecule has 2 heterocycles. The van der Waals surface area contributed by atoms with E-state index >= 15 is 0 Å². The summed E-state index contributed by atoms with van der Waals surface area (Å²) in [6, 6.07) is 10.8. The second kappa shape index (κ2) is 9.32. The number of thiophene rings is 1. The topological polar surface area (TPSA) is 138 Å². The summed E-state index contributed by atoms with van der Waals surface area (Å²) in [6.07, 6.45) is -7.75. The van der Waals surface area contributed by atoms with Crippen molar-refractivity contribution < 1.29 is 39.4 Å². The Bertz CT molecular complexity index is 768. The van der Waals surface area contributed by atoms with Crippen LogP contribution in [0.5, 0.6) is 10.8 Å². The van der Waals surface area contributed by atoms with Crippen molar-refractivity contribution in [1.82, 2.24) is 5.32 Å². The van der Waals surface area contributed by atoms with Gasteiger partial charge in [-0.2, -0.15) is 0 Å². The summed E-state index contributed by atoms with van der Waals surface area (Å²) in [5.41, 5.74) is 0.906. The molecule has 3 rings (SSSR count).